The predicted molar refractivity (Wildman–Crippen MR) is 171 cm³/mol. The number of fused-ring (bicyclic) bond motifs is 1. The third kappa shape index (κ3) is 12.0. The quantitative estimate of drug-likeness (QED) is 0.309. The van der Waals surface area contributed by atoms with E-state index in [1.165, 1.54) is 43.9 Å². The van der Waals surface area contributed by atoms with Gasteiger partial charge in [-0.3, -0.25) is 14.7 Å². The van der Waals surface area contributed by atoms with Gasteiger partial charge in [0, 0.05) is 52.4 Å². The van der Waals surface area contributed by atoms with Gasteiger partial charge in [0.25, 0.3) is 0 Å². The highest BCUT2D eigenvalue weighted by molar-refractivity contribution is 7.99. The zero-order chi connectivity index (χ0) is 27.8. The molecule has 0 spiro atoms. The summed E-state index contributed by atoms with van der Waals surface area (Å²) < 4.78 is 0. The highest BCUT2D eigenvalue weighted by Gasteiger charge is 2.53. The second-order valence-electron chi connectivity index (χ2n) is 13.6. The molecule has 4 heteroatoms. The zero-order valence-corrected chi connectivity index (χ0v) is 27.9. The maximum Gasteiger partial charge on any atom is 0.0453 e. The summed E-state index contributed by atoms with van der Waals surface area (Å²) in [4.78, 5) is 7.85. The van der Waals surface area contributed by atoms with Crippen LogP contribution in [0.15, 0.2) is 0 Å². The van der Waals surface area contributed by atoms with E-state index in [4.69, 9.17) is 0 Å². The van der Waals surface area contributed by atoms with Crippen molar-refractivity contribution in [2.75, 3.05) is 18.2 Å². The van der Waals surface area contributed by atoms with E-state index in [-0.39, 0.29) is 7.43 Å². The van der Waals surface area contributed by atoms with Gasteiger partial charge in [-0.25, -0.2) is 0 Å². The van der Waals surface area contributed by atoms with Crippen LogP contribution < -0.4 is 0 Å². The first-order valence-corrected chi connectivity index (χ1v) is 16.1. The molecule has 0 N–H and O–H groups in total. The lowest BCUT2D eigenvalue weighted by atomic mass is 10.0. The number of nitrogens with zero attached hydrogens (tertiary/aromatic N) is 3. The largest absolute Gasteiger partial charge is 0.296 e. The molecule has 1 aliphatic carbocycles. The summed E-state index contributed by atoms with van der Waals surface area (Å²) in [7, 11) is 0. The van der Waals surface area contributed by atoms with Gasteiger partial charge in [-0.05, 0) is 121 Å². The second-order valence-corrected chi connectivity index (χ2v) is 14.6. The molecule has 4 aliphatic rings. The molecule has 0 amide bonds. The van der Waals surface area contributed by atoms with Gasteiger partial charge in [0.05, 0.1) is 0 Å². The molecule has 4 rings (SSSR count). The molecule has 1 saturated carbocycles. The Morgan fingerprint density at radius 3 is 1.33 bits per heavy atom. The summed E-state index contributed by atoms with van der Waals surface area (Å²) in [6.45, 7) is 37.1. The number of hydrogen-bond acceptors (Lipinski definition) is 4. The van der Waals surface area contributed by atoms with Gasteiger partial charge in [-0.15, -0.1) is 11.8 Å². The van der Waals surface area contributed by atoms with Crippen LogP contribution in [0.2, 0.25) is 0 Å². The minimum absolute atomic E-state index is 0. The molecule has 0 unspecified atom stereocenters. The van der Waals surface area contributed by atoms with Gasteiger partial charge < -0.3 is 0 Å². The average molecular weight is 530 g/mol. The Balaban J connectivity index is 0. The van der Waals surface area contributed by atoms with Gasteiger partial charge >= 0.3 is 0 Å². The van der Waals surface area contributed by atoms with Crippen molar-refractivity contribution in [1.82, 2.24) is 14.7 Å². The van der Waals surface area contributed by atoms with Crippen LogP contribution in [-0.2, 0) is 0 Å². The molecule has 0 aromatic heterocycles. The molecule has 220 valence electrons. The first-order valence-electron chi connectivity index (χ1n) is 14.9. The van der Waals surface area contributed by atoms with E-state index in [9.17, 15) is 0 Å². The number of hydrogen-bond donors (Lipinski definition) is 0. The fourth-order valence-electron chi connectivity index (χ4n) is 6.19. The van der Waals surface area contributed by atoms with Crippen LogP contribution in [0.3, 0.4) is 0 Å². The Hall–Kier alpha value is 0.230. The van der Waals surface area contributed by atoms with Crippen molar-refractivity contribution in [1.29, 1.82) is 0 Å². The van der Waals surface area contributed by atoms with Gasteiger partial charge in [0.2, 0.25) is 0 Å². The topological polar surface area (TPSA) is 9.72 Å². The number of thioether (sulfide) groups is 1. The van der Waals surface area contributed by atoms with E-state index in [1.807, 2.05) is 39.5 Å². The SMILES string of the molecule is C.CC.CC.C[C@@H]1CCCN1C(C)(C)C.C[C@@H]1CSCN1C(C)(C)C.C[C@@H]1C[C@@H]2C[C@@H]2N1C(C)(C)C. The Bertz CT molecular complexity index is 525. The first-order chi connectivity index (χ1) is 16.0. The Kier molecular flexibility index (Phi) is 17.4. The van der Waals surface area contributed by atoms with Crippen LogP contribution in [0.1, 0.15) is 144 Å². The highest BCUT2D eigenvalue weighted by Crippen LogP contribution is 2.50. The maximum absolute atomic E-state index is 2.71. The normalized spacial score (nSPS) is 30.2. The van der Waals surface area contributed by atoms with Crippen molar-refractivity contribution < 1.29 is 0 Å². The van der Waals surface area contributed by atoms with Crippen LogP contribution in [0, 0.1) is 5.92 Å². The van der Waals surface area contributed by atoms with Crippen LogP contribution >= 0.6 is 11.8 Å². The first kappa shape index (κ1) is 38.4. The molecule has 0 radical (unpaired) electrons. The van der Waals surface area contributed by atoms with Crippen molar-refractivity contribution in [2.45, 2.75) is 185 Å². The number of rotatable bonds is 0. The van der Waals surface area contributed by atoms with Crippen molar-refractivity contribution >= 4 is 11.8 Å². The molecule has 3 nitrogen and oxygen atoms in total. The zero-order valence-electron chi connectivity index (χ0n) is 27.1. The number of piperidine rings is 1. The van der Waals surface area contributed by atoms with Gasteiger partial charge in [-0.1, -0.05) is 35.1 Å². The number of likely N-dealkylation sites (tertiary alicyclic amines) is 2. The van der Waals surface area contributed by atoms with Crippen molar-refractivity contribution in [3.8, 4) is 0 Å². The smallest absolute Gasteiger partial charge is 0.0453 e. The fraction of sp³-hybridized carbons (Fsp3) is 1.00. The van der Waals surface area contributed by atoms with E-state index in [0.29, 0.717) is 16.6 Å². The Morgan fingerprint density at radius 2 is 1.14 bits per heavy atom. The van der Waals surface area contributed by atoms with Gasteiger partial charge in [0.15, 0.2) is 0 Å². The third-order valence-electron chi connectivity index (χ3n) is 7.53. The van der Waals surface area contributed by atoms with E-state index < -0.39 is 0 Å². The summed E-state index contributed by atoms with van der Waals surface area (Å²) in [5, 5.41) is 0. The maximum atomic E-state index is 2.71. The van der Waals surface area contributed by atoms with E-state index in [0.717, 1.165) is 30.1 Å². The lowest BCUT2D eigenvalue weighted by molar-refractivity contribution is 0.105. The lowest BCUT2D eigenvalue weighted by Crippen LogP contribution is -2.45. The lowest BCUT2D eigenvalue weighted by Gasteiger charge is -2.37. The standard InChI is InChI=1S/C10H19N.C9H19N.C8H17NS.2C2H6.CH4/c1-7-5-8-6-9(8)11(7)10(2,3)4;1-8-6-5-7-10(8)9(2,3)4;1-7-5-10-6-9(7)8(2,3)4;2*1-2;/h7-9H,5-6H2,1-4H3;8H,5-7H2,1-4H3;7H,5-6H2,1-4H3;2*1-2H3;1H4/t7-,8-,9+;8-;7-;;;/m111.../s1. The van der Waals surface area contributed by atoms with Gasteiger partial charge in [-0.2, -0.15) is 0 Å². The van der Waals surface area contributed by atoms with Crippen molar-refractivity contribution in [2.24, 2.45) is 5.92 Å². The van der Waals surface area contributed by atoms with Crippen LogP contribution in [0.25, 0.3) is 0 Å². The van der Waals surface area contributed by atoms with Crippen molar-refractivity contribution in [3.63, 3.8) is 0 Å². The summed E-state index contributed by atoms with van der Waals surface area (Å²) >= 11 is 2.04. The molecule has 3 heterocycles. The minimum Gasteiger partial charge on any atom is -0.296 e. The molecule has 36 heavy (non-hydrogen) atoms. The molecule has 0 bridgehead atoms. The average Bonchev–Trinajstić information content (AvgIpc) is 3.09. The van der Waals surface area contributed by atoms with Crippen LogP contribution in [0.5, 0.6) is 0 Å². The molecule has 3 saturated heterocycles. The molecule has 4 fully saturated rings. The summed E-state index contributed by atoms with van der Waals surface area (Å²) in [5.74, 6) is 3.58. The van der Waals surface area contributed by atoms with E-state index in [1.54, 1.807) is 0 Å². The van der Waals surface area contributed by atoms with Crippen LogP contribution in [-0.4, -0.2) is 73.7 Å². The molecule has 0 aromatic carbocycles. The summed E-state index contributed by atoms with van der Waals surface area (Å²) in [6.07, 6.45) is 5.69. The Morgan fingerprint density at radius 1 is 0.639 bits per heavy atom. The van der Waals surface area contributed by atoms with Crippen LogP contribution in [0.4, 0.5) is 0 Å². The second kappa shape index (κ2) is 16.4. The molecule has 5 atom stereocenters. The summed E-state index contributed by atoms with van der Waals surface area (Å²) in [5.41, 5.74) is 1.15. The van der Waals surface area contributed by atoms with Gasteiger partial charge in [0.1, 0.15) is 0 Å². The van der Waals surface area contributed by atoms with E-state index in [2.05, 4.69) is 97.8 Å². The summed E-state index contributed by atoms with van der Waals surface area (Å²) in [6, 6.07) is 3.36. The predicted octanol–water partition coefficient (Wildman–Crippen LogP) is 9.41. The van der Waals surface area contributed by atoms with Crippen molar-refractivity contribution in [3.05, 3.63) is 0 Å². The molecule has 3 aliphatic heterocycles. The Labute approximate surface area is 234 Å². The third-order valence-corrected chi connectivity index (χ3v) is 8.71. The highest BCUT2D eigenvalue weighted by atomic mass is 32.2. The molecular formula is C32H71N3S. The monoisotopic (exact) mass is 530 g/mol. The molecular weight excluding hydrogens is 458 g/mol. The molecule has 0 aromatic rings. The van der Waals surface area contributed by atoms with E-state index >= 15 is 0 Å². The fourth-order valence-corrected chi connectivity index (χ4v) is 7.65. The minimum atomic E-state index is 0.